The third kappa shape index (κ3) is 5.50. The van der Waals surface area contributed by atoms with Crippen LogP contribution in [0.2, 0.25) is 4.34 Å². The van der Waals surface area contributed by atoms with E-state index < -0.39 is 0 Å². The lowest BCUT2D eigenvalue weighted by Gasteiger charge is -2.17. The lowest BCUT2D eigenvalue weighted by molar-refractivity contribution is -0.140. The molecule has 184 valence electrons. The first-order chi connectivity index (χ1) is 16.9. The first kappa shape index (κ1) is 25.2. The number of carbonyl (C=O) groups excluding carboxylic acids is 1. The Morgan fingerprint density at radius 3 is 2.60 bits per heavy atom. The maximum atomic E-state index is 12.3. The summed E-state index contributed by atoms with van der Waals surface area (Å²) in [5.41, 5.74) is 5.76. The zero-order valence-electron chi connectivity index (χ0n) is 20.2. The number of methoxy groups -OCH3 is 2. The number of esters is 1. The fourth-order valence-electron chi connectivity index (χ4n) is 4.11. The average Bonchev–Trinajstić information content (AvgIpc) is 3.47. The number of fused-ring (bicyclic) bond motifs is 1. The van der Waals surface area contributed by atoms with Crippen LogP contribution in [0.5, 0.6) is 5.75 Å². The van der Waals surface area contributed by atoms with Gasteiger partial charge in [-0.15, -0.1) is 16.4 Å². The molecule has 2 aromatic carbocycles. The Labute approximate surface area is 213 Å². The molecular formula is C26H28ClN3O4S. The number of nitrogens with zero attached hydrogens (tertiary/aromatic N) is 3. The summed E-state index contributed by atoms with van der Waals surface area (Å²) in [6.45, 7) is 5.62. The maximum Gasteiger partial charge on any atom is 0.306 e. The molecule has 0 radical (unpaired) electrons. The highest BCUT2D eigenvalue weighted by Crippen LogP contribution is 2.40. The van der Waals surface area contributed by atoms with Crippen molar-refractivity contribution in [1.82, 2.24) is 15.0 Å². The van der Waals surface area contributed by atoms with Gasteiger partial charge < -0.3 is 14.2 Å². The van der Waals surface area contributed by atoms with Gasteiger partial charge in [0, 0.05) is 22.9 Å². The Morgan fingerprint density at radius 1 is 1.14 bits per heavy atom. The quantitative estimate of drug-likeness (QED) is 0.246. The third-order valence-electron chi connectivity index (χ3n) is 6.06. The smallest absolute Gasteiger partial charge is 0.306 e. The summed E-state index contributed by atoms with van der Waals surface area (Å²) in [7, 11) is 3.05. The van der Waals surface area contributed by atoms with Gasteiger partial charge >= 0.3 is 5.97 Å². The number of hydrogen-bond donors (Lipinski definition) is 0. The number of aryl methyl sites for hydroxylation is 2. The Kier molecular flexibility index (Phi) is 8.05. The Morgan fingerprint density at radius 2 is 1.91 bits per heavy atom. The Balaban J connectivity index is 1.58. The molecule has 2 heterocycles. The predicted molar refractivity (Wildman–Crippen MR) is 137 cm³/mol. The van der Waals surface area contributed by atoms with Crippen molar-refractivity contribution in [3.8, 4) is 5.75 Å². The highest BCUT2D eigenvalue weighted by Gasteiger charge is 2.25. The molecule has 0 aliphatic heterocycles. The van der Waals surface area contributed by atoms with Crippen molar-refractivity contribution in [1.29, 1.82) is 0 Å². The molecule has 0 bridgehead atoms. The van der Waals surface area contributed by atoms with Gasteiger partial charge in [0.1, 0.15) is 11.3 Å². The first-order valence-electron chi connectivity index (χ1n) is 11.3. The molecule has 0 fully saturated rings. The number of rotatable bonds is 10. The standard InChI is InChI=1S/C26H28ClN3O4S/c1-5-30-22-11-10-20(16(2)25(22)28-29-30)21(13-24(31)33-4)23-12-18(26(27)35-23)15-34-14-17-6-8-19(32-3)9-7-17/h6-12,21H,5,13-15H2,1-4H3. The molecule has 35 heavy (non-hydrogen) atoms. The van der Waals surface area contributed by atoms with E-state index in [0.29, 0.717) is 17.6 Å². The molecule has 4 aromatic rings. The molecule has 4 rings (SSSR count). The predicted octanol–water partition coefficient (Wildman–Crippen LogP) is 5.89. The van der Waals surface area contributed by atoms with Gasteiger partial charge in [-0.25, -0.2) is 4.68 Å². The highest BCUT2D eigenvalue weighted by atomic mass is 35.5. The maximum absolute atomic E-state index is 12.3. The van der Waals surface area contributed by atoms with E-state index >= 15 is 0 Å². The molecule has 0 spiro atoms. The molecule has 0 aliphatic rings. The van der Waals surface area contributed by atoms with Crippen LogP contribution in [-0.2, 0) is 34.0 Å². The van der Waals surface area contributed by atoms with Crippen LogP contribution in [0.1, 0.15) is 46.4 Å². The van der Waals surface area contributed by atoms with Gasteiger partial charge in [-0.3, -0.25) is 4.79 Å². The minimum Gasteiger partial charge on any atom is -0.497 e. The summed E-state index contributed by atoms with van der Waals surface area (Å²) >= 11 is 8.07. The normalized spacial score (nSPS) is 12.1. The van der Waals surface area contributed by atoms with E-state index in [9.17, 15) is 4.79 Å². The molecule has 0 N–H and O–H groups in total. The van der Waals surface area contributed by atoms with Crippen molar-refractivity contribution in [2.24, 2.45) is 0 Å². The summed E-state index contributed by atoms with van der Waals surface area (Å²) in [4.78, 5) is 13.3. The van der Waals surface area contributed by atoms with Crippen LogP contribution in [0.15, 0.2) is 42.5 Å². The fourth-order valence-corrected chi connectivity index (χ4v) is 5.49. The molecule has 7 nitrogen and oxygen atoms in total. The summed E-state index contributed by atoms with van der Waals surface area (Å²) in [5.74, 6) is 0.312. The van der Waals surface area contributed by atoms with Gasteiger partial charge in [-0.2, -0.15) is 0 Å². The van der Waals surface area contributed by atoms with Gasteiger partial charge in [-0.05, 0) is 54.8 Å². The molecule has 9 heteroatoms. The van der Waals surface area contributed by atoms with Gasteiger partial charge in [0.2, 0.25) is 0 Å². The third-order valence-corrected chi connectivity index (χ3v) is 7.61. The van der Waals surface area contributed by atoms with E-state index in [1.165, 1.54) is 18.4 Å². The summed E-state index contributed by atoms with van der Waals surface area (Å²) in [6.07, 6.45) is 0.202. The van der Waals surface area contributed by atoms with Crippen LogP contribution in [0.25, 0.3) is 11.0 Å². The van der Waals surface area contributed by atoms with E-state index in [1.807, 2.05) is 61.0 Å². The Hall–Kier alpha value is -2.94. The number of carbonyl (C=O) groups is 1. The SMILES string of the molecule is CCn1nnc2c(C)c(C(CC(=O)OC)c3cc(COCc4ccc(OC)cc4)c(Cl)s3)ccc21. The lowest BCUT2D eigenvalue weighted by atomic mass is 9.89. The van der Waals surface area contributed by atoms with Crippen LogP contribution in [0, 0.1) is 6.92 Å². The van der Waals surface area contributed by atoms with Crippen molar-refractivity contribution < 1.29 is 19.0 Å². The van der Waals surface area contributed by atoms with Gasteiger partial charge in [0.15, 0.2) is 0 Å². The zero-order chi connectivity index (χ0) is 24.9. The number of ether oxygens (including phenoxy) is 3. The van der Waals surface area contributed by atoms with E-state index in [0.717, 1.165) is 50.5 Å². The van der Waals surface area contributed by atoms with Gasteiger partial charge in [0.25, 0.3) is 0 Å². The lowest BCUT2D eigenvalue weighted by Crippen LogP contribution is -2.10. The molecule has 1 unspecified atom stereocenters. The molecule has 0 amide bonds. The minimum absolute atomic E-state index is 0.202. The van der Waals surface area contributed by atoms with Gasteiger partial charge in [0.05, 0.1) is 43.7 Å². The average molecular weight is 514 g/mol. The number of benzene rings is 2. The fraction of sp³-hybridized carbons (Fsp3) is 0.346. The second-order valence-electron chi connectivity index (χ2n) is 8.17. The molecule has 0 saturated heterocycles. The minimum atomic E-state index is -0.284. The van der Waals surface area contributed by atoms with Crippen LogP contribution < -0.4 is 4.74 Å². The van der Waals surface area contributed by atoms with Crippen molar-refractivity contribution in [2.75, 3.05) is 14.2 Å². The van der Waals surface area contributed by atoms with Crippen LogP contribution in [-0.4, -0.2) is 35.2 Å². The summed E-state index contributed by atoms with van der Waals surface area (Å²) in [6, 6.07) is 13.8. The summed E-state index contributed by atoms with van der Waals surface area (Å²) in [5, 5.41) is 8.62. The molecular weight excluding hydrogens is 486 g/mol. The van der Waals surface area contributed by atoms with E-state index in [2.05, 4.69) is 10.3 Å². The molecule has 0 aliphatic carbocycles. The summed E-state index contributed by atoms with van der Waals surface area (Å²) < 4.78 is 18.6. The van der Waals surface area contributed by atoms with E-state index in [4.69, 9.17) is 25.8 Å². The molecule has 2 aromatic heterocycles. The molecule has 1 atom stereocenters. The number of thiophene rings is 1. The van der Waals surface area contributed by atoms with Crippen LogP contribution >= 0.6 is 22.9 Å². The van der Waals surface area contributed by atoms with E-state index in [-0.39, 0.29) is 18.3 Å². The monoisotopic (exact) mass is 513 g/mol. The topological polar surface area (TPSA) is 75.5 Å². The van der Waals surface area contributed by atoms with Crippen LogP contribution in [0.4, 0.5) is 0 Å². The number of hydrogen-bond acceptors (Lipinski definition) is 7. The Bertz CT molecular complexity index is 1320. The van der Waals surface area contributed by atoms with Crippen molar-refractivity contribution in [3.05, 3.63) is 73.9 Å². The first-order valence-corrected chi connectivity index (χ1v) is 12.5. The molecule has 0 saturated carbocycles. The highest BCUT2D eigenvalue weighted by molar-refractivity contribution is 7.16. The second kappa shape index (κ2) is 11.2. The van der Waals surface area contributed by atoms with Crippen molar-refractivity contribution in [2.45, 2.75) is 45.9 Å². The largest absolute Gasteiger partial charge is 0.497 e. The zero-order valence-corrected chi connectivity index (χ0v) is 21.8. The second-order valence-corrected chi connectivity index (χ2v) is 9.86. The van der Waals surface area contributed by atoms with Crippen LogP contribution in [0.3, 0.4) is 0 Å². The van der Waals surface area contributed by atoms with Crippen molar-refractivity contribution >= 4 is 39.9 Å². The van der Waals surface area contributed by atoms with Crippen molar-refractivity contribution in [3.63, 3.8) is 0 Å². The number of aromatic nitrogens is 3. The van der Waals surface area contributed by atoms with E-state index in [1.54, 1.807) is 7.11 Å². The van der Waals surface area contributed by atoms with Gasteiger partial charge in [-0.1, -0.05) is 35.0 Å². The number of halogens is 1.